The Morgan fingerprint density at radius 1 is 1.38 bits per heavy atom. The zero-order valence-electron chi connectivity index (χ0n) is 9.60. The van der Waals surface area contributed by atoms with Crippen LogP contribution in [-0.4, -0.2) is 17.3 Å². The SMILES string of the molecule is C[C@](O)(COc1ccccc1)[C@H]1C=CCC1. The Morgan fingerprint density at radius 3 is 2.75 bits per heavy atom. The maximum absolute atomic E-state index is 10.3. The van der Waals surface area contributed by atoms with Crippen molar-refractivity contribution in [1.29, 1.82) is 0 Å². The lowest BCUT2D eigenvalue weighted by molar-refractivity contribution is -0.0229. The molecular formula is C14H18O2. The van der Waals surface area contributed by atoms with Gasteiger partial charge >= 0.3 is 0 Å². The minimum Gasteiger partial charge on any atom is -0.491 e. The molecule has 1 aromatic rings. The third-order valence-electron chi connectivity index (χ3n) is 3.09. The maximum atomic E-state index is 10.3. The Kier molecular flexibility index (Phi) is 3.30. The van der Waals surface area contributed by atoms with Gasteiger partial charge in [0, 0.05) is 5.92 Å². The van der Waals surface area contributed by atoms with Crippen LogP contribution in [0.25, 0.3) is 0 Å². The van der Waals surface area contributed by atoms with Gasteiger partial charge in [-0.2, -0.15) is 0 Å². The van der Waals surface area contributed by atoms with Crippen molar-refractivity contribution in [2.75, 3.05) is 6.61 Å². The van der Waals surface area contributed by atoms with Crippen LogP contribution in [0.15, 0.2) is 42.5 Å². The van der Waals surface area contributed by atoms with E-state index >= 15 is 0 Å². The molecule has 1 N–H and O–H groups in total. The number of benzene rings is 1. The van der Waals surface area contributed by atoms with Crippen molar-refractivity contribution in [2.24, 2.45) is 5.92 Å². The zero-order chi connectivity index (χ0) is 11.4. The van der Waals surface area contributed by atoms with Crippen molar-refractivity contribution in [3.05, 3.63) is 42.5 Å². The van der Waals surface area contributed by atoms with E-state index in [1.54, 1.807) is 0 Å². The lowest BCUT2D eigenvalue weighted by Gasteiger charge is -2.28. The molecule has 0 amide bonds. The Morgan fingerprint density at radius 2 is 2.12 bits per heavy atom. The highest BCUT2D eigenvalue weighted by molar-refractivity contribution is 5.21. The minimum atomic E-state index is -0.775. The van der Waals surface area contributed by atoms with Gasteiger partial charge in [-0.25, -0.2) is 0 Å². The smallest absolute Gasteiger partial charge is 0.119 e. The van der Waals surface area contributed by atoms with Crippen LogP contribution in [0.1, 0.15) is 19.8 Å². The predicted octanol–water partition coefficient (Wildman–Crippen LogP) is 2.78. The Labute approximate surface area is 96.6 Å². The van der Waals surface area contributed by atoms with Crippen LogP contribution in [0.5, 0.6) is 5.75 Å². The first-order valence-corrected chi connectivity index (χ1v) is 5.75. The van der Waals surface area contributed by atoms with Crippen LogP contribution in [0.4, 0.5) is 0 Å². The third-order valence-corrected chi connectivity index (χ3v) is 3.09. The van der Waals surface area contributed by atoms with Gasteiger partial charge in [0.15, 0.2) is 0 Å². The molecule has 0 aromatic heterocycles. The van der Waals surface area contributed by atoms with E-state index in [2.05, 4.69) is 12.2 Å². The zero-order valence-corrected chi connectivity index (χ0v) is 9.60. The van der Waals surface area contributed by atoms with Crippen LogP contribution < -0.4 is 4.74 Å². The topological polar surface area (TPSA) is 29.5 Å². The van der Waals surface area contributed by atoms with E-state index in [1.807, 2.05) is 37.3 Å². The molecular weight excluding hydrogens is 200 g/mol. The molecule has 0 bridgehead atoms. The van der Waals surface area contributed by atoms with Gasteiger partial charge in [0.1, 0.15) is 18.0 Å². The van der Waals surface area contributed by atoms with Gasteiger partial charge in [-0.1, -0.05) is 30.4 Å². The van der Waals surface area contributed by atoms with Gasteiger partial charge in [0.25, 0.3) is 0 Å². The fourth-order valence-electron chi connectivity index (χ4n) is 2.00. The molecule has 0 radical (unpaired) electrons. The van der Waals surface area contributed by atoms with Crippen molar-refractivity contribution >= 4 is 0 Å². The van der Waals surface area contributed by atoms with Crippen LogP contribution in [0, 0.1) is 5.92 Å². The number of ether oxygens (including phenoxy) is 1. The van der Waals surface area contributed by atoms with E-state index in [1.165, 1.54) is 0 Å². The number of hydrogen-bond donors (Lipinski definition) is 1. The van der Waals surface area contributed by atoms with Crippen LogP contribution in [0.2, 0.25) is 0 Å². The summed E-state index contributed by atoms with van der Waals surface area (Å²) in [5, 5.41) is 10.3. The normalized spacial score (nSPS) is 23.0. The highest BCUT2D eigenvalue weighted by atomic mass is 16.5. The average Bonchev–Trinajstić information content (AvgIpc) is 2.82. The fourth-order valence-corrected chi connectivity index (χ4v) is 2.00. The summed E-state index contributed by atoms with van der Waals surface area (Å²) in [6, 6.07) is 9.62. The highest BCUT2D eigenvalue weighted by Crippen LogP contribution is 2.29. The molecule has 0 saturated heterocycles. The molecule has 2 heteroatoms. The molecule has 0 heterocycles. The summed E-state index contributed by atoms with van der Waals surface area (Å²) in [7, 11) is 0. The summed E-state index contributed by atoms with van der Waals surface area (Å²) in [4.78, 5) is 0. The number of aliphatic hydroxyl groups is 1. The van der Waals surface area contributed by atoms with Crippen LogP contribution >= 0.6 is 0 Å². The predicted molar refractivity (Wildman–Crippen MR) is 64.4 cm³/mol. The summed E-state index contributed by atoms with van der Waals surface area (Å²) >= 11 is 0. The summed E-state index contributed by atoms with van der Waals surface area (Å²) in [5.41, 5.74) is -0.775. The maximum Gasteiger partial charge on any atom is 0.119 e. The van der Waals surface area contributed by atoms with E-state index in [-0.39, 0.29) is 5.92 Å². The van der Waals surface area contributed by atoms with Gasteiger partial charge in [-0.05, 0) is 31.9 Å². The van der Waals surface area contributed by atoms with Crippen molar-refractivity contribution < 1.29 is 9.84 Å². The van der Waals surface area contributed by atoms with Gasteiger partial charge in [0.2, 0.25) is 0 Å². The highest BCUT2D eigenvalue weighted by Gasteiger charge is 2.32. The molecule has 1 aliphatic rings. The van der Waals surface area contributed by atoms with E-state index in [0.29, 0.717) is 6.61 Å². The Bertz CT molecular complexity index is 354. The molecule has 86 valence electrons. The number of hydrogen-bond acceptors (Lipinski definition) is 2. The number of para-hydroxylation sites is 1. The second kappa shape index (κ2) is 4.71. The van der Waals surface area contributed by atoms with Crippen molar-refractivity contribution in [3.63, 3.8) is 0 Å². The summed E-state index contributed by atoms with van der Waals surface area (Å²) in [6.07, 6.45) is 6.30. The molecule has 1 aliphatic carbocycles. The molecule has 0 aliphatic heterocycles. The van der Waals surface area contributed by atoms with Gasteiger partial charge in [0.05, 0.1) is 0 Å². The molecule has 2 atom stereocenters. The Hall–Kier alpha value is -1.28. The first-order chi connectivity index (χ1) is 7.68. The first kappa shape index (κ1) is 11.2. The van der Waals surface area contributed by atoms with Crippen LogP contribution in [-0.2, 0) is 0 Å². The average molecular weight is 218 g/mol. The molecule has 2 nitrogen and oxygen atoms in total. The molecule has 0 unspecified atom stereocenters. The Balaban J connectivity index is 1.91. The fraction of sp³-hybridized carbons (Fsp3) is 0.429. The summed E-state index contributed by atoms with van der Waals surface area (Å²) in [6.45, 7) is 2.18. The summed E-state index contributed by atoms with van der Waals surface area (Å²) in [5.74, 6) is 1.03. The lowest BCUT2D eigenvalue weighted by atomic mass is 9.89. The van der Waals surface area contributed by atoms with Crippen molar-refractivity contribution in [1.82, 2.24) is 0 Å². The molecule has 0 spiro atoms. The quantitative estimate of drug-likeness (QED) is 0.787. The second-order valence-corrected chi connectivity index (χ2v) is 4.57. The summed E-state index contributed by atoms with van der Waals surface area (Å²) < 4.78 is 5.60. The van der Waals surface area contributed by atoms with E-state index < -0.39 is 5.60 Å². The molecule has 2 rings (SSSR count). The molecule has 16 heavy (non-hydrogen) atoms. The number of rotatable bonds is 4. The standard InChI is InChI=1S/C14H18O2/c1-14(15,12-7-5-6-8-12)11-16-13-9-3-2-4-10-13/h2-5,7,9-10,12,15H,6,8,11H2,1H3/t12-,14-/m0/s1. The van der Waals surface area contributed by atoms with Crippen molar-refractivity contribution in [2.45, 2.75) is 25.4 Å². The first-order valence-electron chi connectivity index (χ1n) is 5.75. The van der Waals surface area contributed by atoms with E-state index in [4.69, 9.17) is 4.74 Å². The monoisotopic (exact) mass is 218 g/mol. The molecule has 0 fully saturated rings. The van der Waals surface area contributed by atoms with E-state index in [9.17, 15) is 5.11 Å². The lowest BCUT2D eigenvalue weighted by Crippen LogP contribution is -2.39. The van der Waals surface area contributed by atoms with E-state index in [0.717, 1.165) is 18.6 Å². The minimum absolute atomic E-state index is 0.219. The second-order valence-electron chi connectivity index (χ2n) is 4.57. The molecule has 0 saturated carbocycles. The van der Waals surface area contributed by atoms with Gasteiger partial charge in [-0.3, -0.25) is 0 Å². The molecule has 1 aromatic carbocycles. The third kappa shape index (κ3) is 2.64. The largest absolute Gasteiger partial charge is 0.491 e. The van der Waals surface area contributed by atoms with Gasteiger partial charge in [-0.15, -0.1) is 0 Å². The number of allylic oxidation sites excluding steroid dienone is 1. The van der Waals surface area contributed by atoms with Gasteiger partial charge < -0.3 is 9.84 Å². The van der Waals surface area contributed by atoms with Crippen molar-refractivity contribution in [3.8, 4) is 5.75 Å². The van der Waals surface area contributed by atoms with Crippen LogP contribution in [0.3, 0.4) is 0 Å².